The van der Waals surface area contributed by atoms with Crippen molar-refractivity contribution in [3.8, 4) is 5.75 Å². The molecule has 0 saturated carbocycles. The second kappa shape index (κ2) is 6.08. The van der Waals surface area contributed by atoms with Gasteiger partial charge in [0.25, 0.3) is 0 Å². The van der Waals surface area contributed by atoms with Gasteiger partial charge in [-0.15, -0.1) is 11.3 Å². The van der Waals surface area contributed by atoms with Gasteiger partial charge in [0.1, 0.15) is 5.75 Å². The van der Waals surface area contributed by atoms with Crippen molar-refractivity contribution in [1.29, 1.82) is 0 Å². The van der Waals surface area contributed by atoms with Gasteiger partial charge in [-0.1, -0.05) is 46.4 Å². The third-order valence-corrected chi connectivity index (χ3v) is 4.76. The Hall–Kier alpha value is -0.160. The molecular formula is C12H9Cl4NOS. The van der Waals surface area contributed by atoms with Gasteiger partial charge in [0, 0.05) is 16.7 Å². The highest BCUT2D eigenvalue weighted by Crippen LogP contribution is 2.40. The zero-order valence-corrected chi connectivity index (χ0v) is 13.6. The van der Waals surface area contributed by atoms with Crippen molar-refractivity contribution in [3.63, 3.8) is 0 Å². The number of rotatable bonds is 3. The molecular weight excluding hydrogens is 348 g/mol. The molecule has 0 bridgehead atoms. The van der Waals surface area contributed by atoms with Gasteiger partial charge >= 0.3 is 0 Å². The van der Waals surface area contributed by atoms with Gasteiger partial charge < -0.3 is 10.5 Å². The normalized spacial score (nSPS) is 12.5. The van der Waals surface area contributed by atoms with E-state index in [1.807, 2.05) is 0 Å². The van der Waals surface area contributed by atoms with E-state index in [-0.39, 0.29) is 0 Å². The van der Waals surface area contributed by atoms with Crippen LogP contribution in [0.25, 0.3) is 0 Å². The fourth-order valence-corrected chi connectivity index (χ4v) is 3.74. The van der Waals surface area contributed by atoms with E-state index in [1.165, 1.54) is 18.4 Å². The monoisotopic (exact) mass is 355 g/mol. The first-order chi connectivity index (χ1) is 8.93. The average Bonchev–Trinajstić information content (AvgIpc) is 2.70. The van der Waals surface area contributed by atoms with Crippen LogP contribution >= 0.6 is 57.7 Å². The van der Waals surface area contributed by atoms with Crippen LogP contribution in [0.2, 0.25) is 18.7 Å². The fraction of sp³-hybridized carbons (Fsp3) is 0.167. The first-order valence-electron chi connectivity index (χ1n) is 5.17. The van der Waals surface area contributed by atoms with Gasteiger partial charge in [-0.05, 0) is 17.7 Å². The van der Waals surface area contributed by atoms with Gasteiger partial charge in [0.15, 0.2) is 0 Å². The number of hydrogen-bond donors (Lipinski definition) is 1. The SMILES string of the molecule is COc1cc(Cl)c(C(N)c2cc(Cl)sc2Cl)cc1Cl. The van der Waals surface area contributed by atoms with E-state index >= 15 is 0 Å². The molecule has 1 aromatic heterocycles. The summed E-state index contributed by atoms with van der Waals surface area (Å²) in [4.78, 5) is 0. The Bertz CT molecular complexity index is 614. The second-order valence-electron chi connectivity index (χ2n) is 3.77. The number of methoxy groups -OCH3 is 1. The van der Waals surface area contributed by atoms with Crippen LogP contribution < -0.4 is 10.5 Å². The van der Waals surface area contributed by atoms with Crippen LogP contribution in [0.4, 0.5) is 0 Å². The molecule has 2 N–H and O–H groups in total. The number of ether oxygens (including phenoxy) is 1. The maximum atomic E-state index is 6.19. The summed E-state index contributed by atoms with van der Waals surface area (Å²) in [7, 11) is 1.52. The molecule has 0 aliphatic heterocycles. The molecule has 2 nitrogen and oxygen atoms in total. The van der Waals surface area contributed by atoms with Crippen molar-refractivity contribution in [2.24, 2.45) is 5.73 Å². The Kier molecular flexibility index (Phi) is 4.88. The maximum absolute atomic E-state index is 6.19. The highest BCUT2D eigenvalue weighted by atomic mass is 35.5. The van der Waals surface area contributed by atoms with E-state index in [4.69, 9.17) is 56.9 Å². The zero-order valence-electron chi connectivity index (χ0n) is 9.72. The molecule has 2 aromatic rings. The quantitative estimate of drug-likeness (QED) is 0.796. The molecule has 0 radical (unpaired) electrons. The lowest BCUT2D eigenvalue weighted by molar-refractivity contribution is 0.415. The van der Waals surface area contributed by atoms with Gasteiger partial charge in [0.2, 0.25) is 0 Å². The maximum Gasteiger partial charge on any atom is 0.138 e. The molecule has 1 aromatic carbocycles. The standard InChI is InChI=1S/C12H9Cl4NOS/c1-18-9-4-7(13)5(2-8(9)14)11(17)6-3-10(15)19-12(6)16/h2-4,11H,17H2,1H3. The van der Waals surface area contributed by atoms with E-state index in [2.05, 4.69) is 0 Å². The number of hydrogen-bond acceptors (Lipinski definition) is 3. The molecule has 0 spiro atoms. The minimum Gasteiger partial charge on any atom is -0.495 e. The molecule has 102 valence electrons. The highest BCUT2D eigenvalue weighted by Gasteiger charge is 2.20. The summed E-state index contributed by atoms with van der Waals surface area (Å²) in [6, 6.07) is 4.54. The summed E-state index contributed by atoms with van der Waals surface area (Å²) >= 11 is 25.5. The predicted molar refractivity (Wildman–Crippen MR) is 83.4 cm³/mol. The Morgan fingerprint density at radius 1 is 1.05 bits per heavy atom. The van der Waals surface area contributed by atoms with Crippen LogP contribution in [-0.2, 0) is 0 Å². The molecule has 7 heteroatoms. The summed E-state index contributed by atoms with van der Waals surface area (Å²) < 4.78 is 6.21. The average molecular weight is 357 g/mol. The molecule has 1 unspecified atom stereocenters. The third kappa shape index (κ3) is 3.13. The van der Waals surface area contributed by atoms with Crippen LogP contribution in [-0.4, -0.2) is 7.11 Å². The third-order valence-electron chi connectivity index (χ3n) is 2.62. The van der Waals surface area contributed by atoms with Crippen LogP contribution in [0.5, 0.6) is 5.75 Å². The summed E-state index contributed by atoms with van der Waals surface area (Å²) in [6.07, 6.45) is 0. The van der Waals surface area contributed by atoms with Crippen molar-refractivity contribution in [3.05, 3.63) is 48.0 Å². The number of halogens is 4. The van der Waals surface area contributed by atoms with Gasteiger partial charge in [0.05, 0.1) is 26.8 Å². The van der Waals surface area contributed by atoms with Crippen molar-refractivity contribution < 1.29 is 4.74 Å². The second-order valence-corrected chi connectivity index (χ2v) is 6.87. The number of thiophene rings is 1. The smallest absolute Gasteiger partial charge is 0.138 e. The molecule has 0 aliphatic carbocycles. The lowest BCUT2D eigenvalue weighted by atomic mass is 10.0. The number of benzene rings is 1. The van der Waals surface area contributed by atoms with Crippen LogP contribution in [0, 0.1) is 0 Å². The summed E-state index contributed by atoms with van der Waals surface area (Å²) in [5.74, 6) is 0.497. The lowest BCUT2D eigenvalue weighted by Crippen LogP contribution is -2.12. The number of nitrogens with two attached hydrogens (primary N) is 1. The van der Waals surface area contributed by atoms with Crippen molar-refractivity contribution in [2.75, 3.05) is 7.11 Å². The summed E-state index contributed by atoms with van der Waals surface area (Å²) in [5, 5.41) is 0.905. The van der Waals surface area contributed by atoms with Crippen molar-refractivity contribution >= 4 is 57.7 Å². The fourth-order valence-electron chi connectivity index (χ4n) is 1.67. The lowest BCUT2D eigenvalue weighted by Gasteiger charge is -2.15. The summed E-state index contributed by atoms with van der Waals surface area (Å²) in [5.41, 5.74) is 7.56. The minimum absolute atomic E-state index is 0.440. The molecule has 0 amide bonds. The van der Waals surface area contributed by atoms with E-state index in [0.717, 1.165) is 5.56 Å². The Balaban J connectivity index is 2.47. The first-order valence-corrected chi connectivity index (χ1v) is 7.50. The Morgan fingerprint density at radius 3 is 2.26 bits per heavy atom. The molecule has 1 heterocycles. The van der Waals surface area contributed by atoms with Gasteiger partial charge in [-0.2, -0.15) is 0 Å². The topological polar surface area (TPSA) is 35.2 Å². The molecule has 1 atom stereocenters. The molecule has 0 saturated heterocycles. The zero-order chi connectivity index (χ0) is 14.2. The predicted octanol–water partition coefficient (Wildman–Crippen LogP) is 5.42. The first kappa shape index (κ1) is 15.2. The Labute approximate surface area is 135 Å². The summed E-state index contributed by atoms with van der Waals surface area (Å²) in [6.45, 7) is 0. The highest BCUT2D eigenvalue weighted by molar-refractivity contribution is 7.20. The molecule has 19 heavy (non-hydrogen) atoms. The molecule has 0 aliphatic rings. The van der Waals surface area contributed by atoms with Crippen LogP contribution in [0.1, 0.15) is 17.2 Å². The van der Waals surface area contributed by atoms with E-state index < -0.39 is 6.04 Å². The Morgan fingerprint density at radius 2 is 1.74 bits per heavy atom. The molecule has 0 fully saturated rings. The van der Waals surface area contributed by atoms with Crippen LogP contribution in [0.15, 0.2) is 18.2 Å². The van der Waals surface area contributed by atoms with E-state index in [0.29, 0.717) is 30.0 Å². The van der Waals surface area contributed by atoms with Crippen molar-refractivity contribution in [1.82, 2.24) is 0 Å². The van der Waals surface area contributed by atoms with Crippen LogP contribution in [0.3, 0.4) is 0 Å². The van der Waals surface area contributed by atoms with Crippen molar-refractivity contribution in [2.45, 2.75) is 6.04 Å². The molecule has 2 rings (SSSR count). The van der Waals surface area contributed by atoms with E-state index in [1.54, 1.807) is 18.2 Å². The van der Waals surface area contributed by atoms with Gasteiger partial charge in [-0.3, -0.25) is 0 Å². The van der Waals surface area contributed by atoms with E-state index in [9.17, 15) is 0 Å². The minimum atomic E-state index is -0.493. The largest absolute Gasteiger partial charge is 0.495 e. The van der Waals surface area contributed by atoms with Gasteiger partial charge in [-0.25, -0.2) is 0 Å².